The molecule has 0 N–H and O–H groups in total. The van der Waals surface area contributed by atoms with Crippen molar-refractivity contribution in [1.82, 2.24) is 0 Å². The molecule has 4 heteroatoms. The average molecular weight is 268 g/mol. The SMILES string of the molecule is ClCC[Si](Cl)(Cl)CCc1ccccc1. The predicted molar refractivity (Wildman–Crippen MR) is 67.9 cm³/mol. The lowest BCUT2D eigenvalue weighted by Crippen LogP contribution is -2.19. The van der Waals surface area contributed by atoms with Gasteiger partial charge in [0.15, 0.2) is 0 Å². The Morgan fingerprint density at radius 3 is 2.21 bits per heavy atom. The molecule has 0 saturated heterocycles. The minimum absolute atomic E-state index is 0.564. The van der Waals surface area contributed by atoms with Gasteiger partial charge in [0, 0.05) is 5.88 Å². The molecule has 0 aliphatic rings. The van der Waals surface area contributed by atoms with Crippen LogP contribution < -0.4 is 0 Å². The van der Waals surface area contributed by atoms with Crippen LogP contribution in [0, 0.1) is 0 Å². The molecule has 0 aliphatic carbocycles. The Bertz CT molecular complexity index is 261. The molecule has 0 saturated carbocycles. The van der Waals surface area contributed by atoms with E-state index in [0.717, 1.165) is 18.5 Å². The predicted octanol–water partition coefficient (Wildman–Crippen LogP) is 4.39. The van der Waals surface area contributed by atoms with E-state index in [1.807, 2.05) is 18.2 Å². The lowest BCUT2D eigenvalue weighted by atomic mass is 10.2. The van der Waals surface area contributed by atoms with Crippen molar-refractivity contribution in [3.63, 3.8) is 0 Å². The summed E-state index contributed by atoms with van der Waals surface area (Å²) in [7, 11) is 0. The molecular formula is C10H13Cl3Si. The lowest BCUT2D eigenvalue weighted by molar-refractivity contribution is 1.10. The Hall–Kier alpha value is 0.307. The van der Waals surface area contributed by atoms with Crippen LogP contribution in [0.4, 0.5) is 0 Å². The summed E-state index contributed by atoms with van der Waals surface area (Å²) >= 11 is 18.0. The van der Waals surface area contributed by atoms with Crippen molar-refractivity contribution in [3.8, 4) is 0 Å². The molecule has 0 atom stereocenters. The quantitative estimate of drug-likeness (QED) is 0.422. The van der Waals surface area contributed by atoms with Crippen molar-refractivity contribution in [2.75, 3.05) is 5.88 Å². The van der Waals surface area contributed by atoms with Crippen molar-refractivity contribution < 1.29 is 0 Å². The minimum Gasteiger partial charge on any atom is -0.146 e. The lowest BCUT2D eigenvalue weighted by Gasteiger charge is -2.14. The fourth-order valence-corrected chi connectivity index (χ4v) is 5.10. The van der Waals surface area contributed by atoms with Gasteiger partial charge in [-0.05, 0) is 24.1 Å². The van der Waals surface area contributed by atoms with Crippen LogP contribution in [0.3, 0.4) is 0 Å². The van der Waals surface area contributed by atoms with Crippen molar-refractivity contribution >= 4 is 40.5 Å². The Balaban J connectivity index is 2.40. The average Bonchev–Trinajstić information content (AvgIpc) is 2.17. The second-order valence-electron chi connectivity index (χ2n) is 3.28. The van der Waals surface area contributed by atoms with Crippen LogP contribution in [-0.2, 0) is 6.42 Å². The normalized spacial score (nSPS) is 11.6. The molecule has 0 unspecified atom stereocenters. The molecule has 1 aromatic carbocycles. The summed E-state index contributed by atoms with van der Waals surface area (Å²) in [6.45, 7) is -2.07. The zero-order valence-corrected chi connectivity index (χ0v) is 11.1. The molecule has 0 radical (unpaired) electrons. The van der Waals surface area contributed by atoms with E-state index in [1.54, 1.807) is 0 Å². The van der Waals surface area contributed by atoms with Crippen molar-refractivity contribution in [2.24, 2.45) is 0 Å². The number of benzene rings is 1. The second-order valence-corrected chi connectivity index (χ2v) is 11.3. The highest BCUT2D eigenvalue weighted by Crippen LogP contribution is 2.27. The van der Waals surface area contributed by atoms with Gasteiger partial charge in [-0.15, -0.1) is 33.8 Å². The highest BCUT2D eigenvalue weighted by Gasteiger charge is 2.26. The number of hydrogen-bond acceptors (Lipinski definition) is 0. The van der Waals surface area contributed by atoms with E-state index in [-0.39, 0.29) is 0 Å². The third-order valence-corrected chi connectivity index (χ3v) is 6.82. The molecule has 0 bridgehead atoms. The number of rotatable bonds is 5. The van der Waals surface area contributed by atoms with Gasteiger partial charge in [-0.3, -0.25) is 0 Å². The molecular weight excluding hydrogens is 255 g/mol. The second kappa shape index (κ2) is 6.01. The van der Waals surface area contributed by atoms with Gasteiger partial charge in [0.1, 0.15) is 0 Å². The number of hydrogen-bond donors (Lipinski definition) is 0. The Morgan fingerprint density at radius 2 is 1.64 bits per heavy atom. The van der Waals surface area contributed by atoms with Crippen molar-refractivity contribution in [1.29, 1.82) is 0 Å². The first-order valence-electron chi connectivity index (χ1n) is 4.62. The van der Waals surface area contributed by atoms with Crippen LogP contribution in [0.15, 0.2) is 30.3 Å². The molecule has 0 heterocycles. The summed E-state index contributed by atoms with van der Waals surface area (Å²) in [5.74, 6) is 0.564. The standard InChI is InChI=1S/C10H13Cl3Si/c11-7-9-14(12,13)8-6-10-4-2-1-3-5-10/h1-5H,6-9H2. The fourth-order valence-electron chi connectivity index (χ4n) is 1.24. The van der Waals surface area contributed by atoms with E-state index in [1.165, 1.54) is 5.56 Å². The molecule has 0 fully saturated rings. The fraction of sp³-hybridized carbons (Fsp3) is 0.400. The smallest absolute Gasteiger partial charge is 0.146 e. The van der Waals surface area contributed by atoms with Gasteiger partial charge < -0.3 is 0 Å². The first-order chi connectivity index (χ1) is 6.64. The third-order valence-electron chi connectivity index (χ3n) is 2.08. The van der Waals surface area contributed by atoms with E-state index in [0.29, 0.717) is 5.88 Å². The molecule has 0 aromatic heterocycles. The summed E-state index contributed by atoms with van der Waals surface area (Å²) in [6, 6.07) is 11.9. The molecule has 1 rings (SSSR count). The first kappa shape index (κ1) is 12.4. The van der Waals surface area contributed by atoms with Gasteiger partial charge in [0.05, 0.1) is 0 Å². The van der Waals surface area contributed by atoms with E-state index in [4.69, 9.17) is 33.8 Å². The van der Waals surface area contributed by atoms with Gasteiger partial charge in [0.25, 0.3) is 6.69 Å². The van der Waals surface area contributed by atoms with Crippen LogP contribution in [0.2, 0.25) is 12.1 Å². The Labute approximate surface area is 101 Å². The third kappa shape index (κ3) is 4.69. The number of aryl methyl sites for hydroxylation is 1. The van der Waals surface area contributed by atoms with Crippen LogP contribution in [-0.4, -0.2) is 12.6 Å². The van der Waals surface area contributed by atoms with Crippen molar-refractivity contribution in [3.05, 3.63) is 35.9 Å². The van der Waals surface area contributed by atoms with E-state index >= 15 is 0 Å². The zero-order chi connectivity index (χ0) is 10.4. The maximum Gasteiger partial charge on any atom is 0.252 e. The maximum absolute atomic E-state index is 6.21. The number of alkyl halides is 1. The van der Waals surface area contributed by atoms with E-state index < -0.39 is 6.69 Å². The summed E-state index contributed by atoms with van der Waals surface area (Å²) in [4.78, 5) is 0. The molecule has 0 aliphatic heterocycles. The van der Waals surface area contributed by atoms with Crippen molar-refractivity contribution in [2.45, 2.75) is 18.5 Å². The zero-order valence-electron chi connectivity index (χ0n) is 7.85. The maximum atomic E-state index is 6.21. The van der Waals surface area contributed by atoms with E-state index in [9.17, 15) is 0 Å². The monoisotopic (exact) mass is 266 g/mol. The summed E-state index contributed by atoms with van der Waals surface area (Å²) in [5.41, 5.74) is 1.29. The first-order valence-corrected chi connectivity index (χ1v) is 9.59. The summed E-state index contributed by atoms with van der Waals surface area (Å²) < 4.78 is 0. The molecule has 1 aromatic rings. The molecule has 78 valence electrons. The summed E-state index contributed by atoms with van der Waals surface area (Å²) in [5, 5.41) is 0. The minimum atomic E-state index is -2.07. The number of halogens is 3. The molecule has 14 heavy (non-hydrogen) atoms. The van der Waals surface area contributed by atoms with Gasteiger partial charge >= 0.3 is 0 Å². The summed E-state index contributed by atoms with van der Waals surface area (Å²) in [6.07, 6.45) is 0.955. The Morgan fingerprint density at radius 1 is 1.00 bits per heavy atom. The van der Waals surface area contributed by atoms with Gasteiger partial charge in [-0.2, -0.15) is 0 Å². The van der Waals surface area contributed by atoms with E-state index in [2.05, 4.69) is 12.1 Å². The largest absolute Gasteiger partial charge is 0.252 e. The topological polar surface area (TPSA) is 0 Å². The molecule has 0 nitrogen and oxygen atoms in total. The van der Waals surface area contributed by atoms with Crippen LogP contribution in [0.5, 0.6) is 0 Å². The highest BCUT2D eigenvalue weighted by molar-refractivity contribution is 7.45. The van der Waals surface area contributed by atoms with Crippen LogP contribution >= 0.6 is 33.8 Å². The van der Waals surface area contributed by atoms with Crippen LogP contribution in [0.1, 0.15) is 5.56 Å². The van der Waals surface area contributed by atoms with Gasteiger partial charge in [-0.25, -0.2) is 0 Å². The van der Waals surface area contributed by atoms with Gasteiger partial charge in [0.2, 0.25) is 0 Å². The highest BCUT2D eigenvalue weighted by atomic mass is 35.7. The van der Waals surface area contributed by atoms with Crippen LogP contribution in [0.25, 0.3) is 0 Å². The van der Waals surface area contributed by atoms with Gasteiger partial charge in [-0.1, -0.05) is 30.3 Å². The Kier molecular flexibility index (Phi) is 5.32. The molecule has 0 amide bonds. The molecule has 0 spiro atoms.